The Bertz CT molecular complexity index is 506. The molecule has 0 aromatic heterocycles. The minimum atomic E-state index is -0.518. The van der Waals surface area contributed by atoms with Crippen LogP contribution < -0.4 is 5.32 Å². The number of allylic oxidation sites excluding steroid dienone is 1. The summed E-state index contributed by atoms with van der Waals surface area (Å²) in [5.41, 5.74) is 1.07. The number of ether oxygens (including phenoxy) is 2. The van der Waals surface area contributed by atoms with E-state index >= 15 is 0 Å². The molecule has 1 heterocycles. The van der Waals surface area contributed by atoms with Gasteiger partial charge in [0, 0.05) is 38.0 Å². The van der Waals surface area contributed by atoms with Crippen molar-refractivity contribution in [1.82, 2.24) is 5.32 Å². The van der Waals surface area contributed by atoms with Crippen LogP contribution in [0.25, 0.3) is 0 Å². The molecule has 3 rings (SSSR count). The van der Waals surface area contributed by atoms with Crippen molar-refractivity contribution in [2.75, 3.05) is 26.8 Å². The van der Waals surface area contributed by atoms with E-state index in [1.807, 2.05) is 0 Å². The predicted molar refractivity (Wildman–Crippen MR) is 91.4 cm³/mol. The van der Waals surface area contributed by atoms with Gasteiger partial charge in [-0.25, -0.2) is 0 Å². The fraction of sp³-hybridized carbons (Fsp3) is 0.842. The molecule has 1 saturated carbocycles. The summed E-state index contributed by atoms with van der Waals surface area (Å²) in [5, 5.41) is 14.5. The first-order valence-corrected chi connectivity index (χ1v) is 9.27. The number of aliphatic hydroxyl groups is 1. The second-order valence-corrected chi connectivity index (χ2v) is 7.85. The van der Waals surface area contributed by atoms with Gasteiger partial charge in [-0.3, -0.25) is 4.79 Å². The normalized spacial score (nSPS) is 41.4. The van der Waals surface area contributed by atoms with E-state index in [0.717, 1.165) is 32.2 Å². The second kappa shape index (κ2) is 7.14. The highest BCUT2D eigenvalue weighted by molar-refractivity contribution is 5.76. The molecule has 0 spiro atoms. The number of fused-ring (bicyclic) bond motifs is 2. The largest absolute Gasteiger partial charge is 0.461 e. The highest BCUT2D eigenvalue weighted by Crippen LogP contribution is 2.55. The lowest BCUT2D eigenvalue weighted by molar-refractivity contribution is -0.144. The fourth-order valence-corrected chi connectivity index (χ4v) is 4.90. The standard InChI is InChI=1S/C19H31NO4/c1-12-6-4-7-13-10-15-16(17(21)19(12,13)2)14(18(22)24-15)11-20-8-5-9-23-3/h7,12,14-17,20-21H,4-6,8-11H2,1-3H3/t12-,14+,15-,16-,17-,19-/m1/s1. The Hall–Kier alpha value is -0.910. The number of carbonyl (C=O) groups is 1. The van der Waals surface area contributed by atoms with Crippen LogP contribution in [0.1, 0.15) is 39.5 Å². The Kier molecular flexibility index (Phi) is 5.33. The lowest BCUT2D eigenvalue weighted by Gasteiger charge is -2.51. The Morgan fingerprint density at radius 3 is 3.04 bits per heavy atom. The number of carbonyl (C=O) groups excluding carboxylic acids is 1. The molecule has 1 saturated heterocycles. The SMILES string of the molecule is COCCCNC[C@@H]1C(=O)O[C@@H]2CC3=CCC[C@@H](C)[C@@]3(C)[C@H](O)[C@H]12. The van der Waals surface area contributed by atoms with Crippen LogP contribution in [-0.2, 0) is 14.3 Å². The van der Waals surface area contributed by atoms with Crippen LogP contribution in [0.5, 0.6) is 0 Å². The van der Waals surface area contributed by atoms with Gasteiger partial charge in [0.1, 0.15) is 6.10 Å². The quantitative estimate of drug-likeness (QED) is 0.440. The number of aliphatic hydroxyl groups excluding tert-OH is 1. The van der Waals surface area contributed by atoms with Gasteiger partial charge in [-0.2, -0.15) is 0 Å². The summed E-state index contributed by atoms with van der Waals surface area (Å²) in [5.74, 6) is -0.0755. The van der Waals surface area contributed by atoms with Gasteiger partial charge in [0.25, 0.3) is 0 Å². The van der Waals surface area contributed by atoms with E-state index in [2.05, 4.69) is 25.2 Å². The monoisotopic (exact) mass is 337 g/mol. The summed E-state index contributed by atoms with van der Waals surface area (Å²) < 4.78 is 10.7. The van der Waals surface area contributed by atoms with Gasteiger partial charge in [-0.15, -0.1) is 0 Å². The van der Waals surface area contributed by atoms with Gasteiger partial charge in [-0.05, 0) is 31.7 Å². The molecular weight excluding hydrogens is 306 g/mol. The van der Waals surface area contributed by atoms with Crippen LogP contribution in [0.15, 0.2) is 11.6 Å². The van der Waals surface area contributed by atoms with E-state index in [9.17, 15) is 9.90 Å². The van der Waals surface area contributed by atoms with Crippen molar-refractivity contribution in [3.8, 4) is 0 Å². The van der Waals surface area contributed by atoms with Crippen molar-refractivity contribution < 1.29 is 19.4 Å². The summed E-state index contributed by atoms with van der Waals surface area (Å²) in [6.07, 6.45) is 5.45. The molecule has 6 atom stereocenters. The van der Waals surface area contributed by atoms with Crippen molar-refractivity contribution in [3.05, 3.63) is 11.6 Å². The zero-order valence-corrected chi connectivity index (χ0v) is 15.1. The minimum absolute atomic E-state index is 0.102. The average molecular weight is 337 g/mol. The summed E-state index contributed by atoms with van der Waals surface area (Å²) in [6, 6.07) is 0. The van der Waals surface area contributed by atoms with Crippen molar-refractivity contribution in [3.63, 3.8) is 0 Å². The van der Waals surface area contributed by atoms with E-state index in [4.69, 9.17) is 9.47 Å². The number of rotatable bonds is 6. The average Bonchev–Trinajstić information content (AvgIpc) is 2.86. The molecule has 0 aromatic carbocycles. The molecule has 2 fully saturated rings. The molecule has 24 heavy (non-hydrogen) atoms. The van der Waals surface area contributed by atoms with Crippen molar-refractivity contribution in [2.24, 2.45) is 23.2 Å². The van der Waals surface area contributed by atoms with Crippen molar-refractivity contribution in [1.29, 1.82) is 0 Å². The molecule has 5 heteroatoms. The molecule has 0 aromatic rings. The predicted octanol–water partition coefficient (Wildman–Crippen LogP) is 1.90. The van der Waals surface area contributed by atoms with Gasteiger partial charge in [-0.1, -0.05) is 25.5 Å². The van der Waals surface area contributed by atoms with Gasteiger partial charge < -0.3 is 19.9 Å². The van der Waals surface area contributed by atoms with Crippen LogP contribution in [0.2, 0.25) is 0 Å². The van der Waals surface area contributed by atoms with E-state index in [1.54, 1.807) is 7.11 Å². The minimum Gasteiger partial charge on any atom is -0.461 e. The summed E-state index contributed by atoms with van der Waals surface area (Å²) in [7, 11) is 1.69. The molecule has 1 aliphatic heterocycles. The number of hydrogen-bond acceptors (Lipinski definition) is 5. The molecule has 136 valence electrons. The maximum Gasteiger partial charge on any atom is 0.311 e. The topological polar surface area (TPSA) is 67.8 Å². The summed E-state index contributed by atoms with van der Waals surface area (Å²) >= 11 is 0. The molecule has 0 amide bonds. The molecule has 3 aliphatic rings. The lowest BCUT2D eigenvalue weighted by Crippen LogP contribution is -2.54. The Balaban J connectivity index is 1.72. The van der Waals surface area contributed by atoms with Crippen LogP contribution >= 0.6 is 0 Å². The Labute approximate surface area is 144 Å². The third kappa shape index (κ3) is 2.91. The number of methoxy groups -OCH3 is 1. The maximum absolute atomic E-state index is 12.4. The molecule has 0 unspecified atom stereocenters. The first-order valence-electron chi connectivity index (χ1n) is 9.27. The van der Waals surface area contributed by atoms with E-state index < -0.39 is 6.10 Å². The third-order valence-electron chi connectivity index (χ3n) is 6.64. The highest BCUT2D eigenvalue weighted by Gasteiger charge is 2.59. The first kappa shape index (κ1) is 17.9. The molecule has 2 N–H and O–H groups in total. The number of hydrogen-bond donors (Lipinski definition) is 2. The number of nitrogens with one attached hydrogen (secondary N) is 1. The second-order valence-electron chi connectivity index (χ2n) is 7.85. The smallest absolute Gasteiger partial charge is 0.311 e. The molecule has 0 bridgehead atoms. The van der Waals surface area contributed by atoms with Gasteiger partial charge in [0.05, 0.1) is 12.0 Å². The molecule has 5 nitrogen and oxygen atoms in total. The summed E-state index contributed by atoms with van der Waals surface area (Å²) in [6.45, 7) is 6.50. The van der Waals surface area contributed by atoms with Crippen LogP contribution in [-0.4, -0.2) is 50.1 Å². The lowest BCUT2D eigenvalue weighted by atomic mass is 9.55. The van der Waals surface area contributed by atoms with Crippen LogP contribution in [0.4, 0.5) is 0 Å². The Morgan fingerprint density at radius 2 is 2.29 bits per heavy atom. The van der Waals surface area contributed by atoms with Crippen LogP contribution in [0.3, 0.4) is 0 Å². The summed E-state index contributed by atoms with van der Waals surface area (Å²) in [4.78, 5) is 12.4. The van der Waals surface area contributed by atoms with Gasteiger partial charge >= 0.3 is 5.97 Å². The third-order valence-corrected chi connectivity index (χ3v) is 6.64. The van der Waals surface area contributed by atoms with Gasteiger partial charge in [0.2, 0.25) is 0 Å². The molecule has 0 radical (unpaired) electrons. The molecule has 2 aliphatic carbocycles. The molecular formula is C19H31NO4. The highest BCUT2D eigenvalue weighted by atomic mass is 16.6. The van der Waals surface area contributed by atoms with E-state index in [-0.39, 0.29) is 29.3 Å². The fourth-order valence-electron chi connectivity index (χ4n) is 4.90. The van der Waals surface area contributed by atoms with E-state index in [0.29, 0.717) is 19.1 Å². The van der Waals surface area contributed by atoms with Crippen molar-refractivity contribution >= 4 is 5.97 Å². The van der Waals surface area contributed by atoms with E-state index in [1.165, 1.54) is 5.57 Å². The first-order chi connectivity index (χ1) is 11.5. The zero-order valence-electron chi connectivity index (χ0n) is 15.1. The van der Waals surface area contributed by atoms with Gasteiger partial charge in [0.15, 0.2) is 0 Å². The van der Waals surface area contributed by atoms with Crippen LogP contribution in [0, 0.1) is 23.2 Å². The maximum atomic E-state index is 12.4. The number of esters is 1. The van der Waals surface area contributed by atoms with Crippen molar-refractivity contribution in [2.45, 2.75) is 51.7 Å². The Morgan fingerprint density at radius 1 is 1.50 bits per heavy atom. The zero-order chi connectivity index (χ0) is 17.3.